The lowest BCUT2D eigenvalue weighted by Crippen LogP contribution is -2.28. The van der Waals surface area contributed by atoms with Gasteiger partial charge in [-0.05, 0) is 56.0 Å². The quantitative estimate of drug-likeness (QED) is 0.548. The van der Waals surface area contributed by atoms with Gasteiger partial charge in [0, 0.05) is 30.2 Å². The van der Waals surface area contributed by atoms with Crippen molar-refractivity contribution in [2.75, 3.05) is 13.1 Å². The van der Waals surface area contributed by atoms with Crippen LogP contribution in [0.15, 0.2) is 53.4 Å². The minimum absolute atomic E-state index is 0.188. The average molecular weight is 487 g/mol. The summed E-state index contributed by atoms with van der Waals surface area (Å²) in [5.41, 5.74) is 3.45. The molecule has 2 heterocycles. The van der Waals surface area contributed by atoms with Crippen LogP contribution in [0.2, 0.25) is 5.02 Å². The van der Waals surface area contributed by atoms with E-state index in [2.05, 4.69) is 10.4 Å². The molecule has 1 amide bonds. The Kier molecular flexibility index (Phi) is 6.88. The van der Waals surface area contributed by atoms with E-state index in [1.807, 2.05) is 30.3 Å². The highest BCUT2D eigenvalue weighted by atomic mass is 35.5. The Morgan fingerprint density at radius 1 is 1.06 bits per heavy atom. The molecule has 9 heteroatoms. The van der Waals surface area contributed by atoms with Crippen LogP contribution in [-0.4, -0.2) is 41.5 Å². The molecule has 0 atom stereocenters. The fourth-order valence-corrected chi connectivity index (χ4v) is 6.21. The fourth-order valence-electron chi connectivity index (χ4n) is 4.12. The maximum atomic E-state index is 13.1. The van der Waals surface area contributed by atoms with Gasteiger partial charge < -0.3 is 5.32 Å². The highest BCUT2D eigenvalue weighted by Gasteiger charge is 2.32. The van der Waals surface area contributed by atoms with Crippen molar-refractivity contribution in [2.45, 2.75) is 44.7 Å². The molecule has 0 unspecified atom stereocenters. The van der Waals surface area contributed by atoms with Gasteiger partial charge in [-0.2, -0.15) is 9.40 Å². The van der Waals surface area contributed by atoms with E-state index in [1.54, 1.807) is 41.0 Å². The second kappa shape index (κ2) is 9.67. The van der Waals surface area contributed by atoms with Crippen molar-refractivity contribution in [2.24, 2.45) is 0 Å². The van der Waals surface area contributed by atoms with Crippen LogP contribution in [0.3, 0.4) is 0 Å². The van der Waals surface area contributed by atoms with Crippen LogP contribution in [-0.2, 0) is 23.1 Å². The number of sulfonamides is 1. The number of aromatic nitrogens is 2. The standard InChI is InChI=1S/C24H27ClN4O3S/c1-17-23(33(31,32)28-13-5-6-14-28)18(2)29(27-17)16-19-9-11-20(12-10-19)24(30)26-15-21-7-3-4-8-22(21)25/h3-4,7-12H,5-6,13-16H2,1-2H3,(H,26,30). The monoisotopic (exact) mass is 486 g/mol. The molecule has 1 saturated heterocycles. The first-order valence-corrected chi connectivity index (χ1v) is 12.7. The second-order valence-corrected chi connectivity index (χ2v) is 10.5. The van der Waals surface area contributed by atoms with Crippen molar-refractivity contribution in [1.82, 2.24) is 19.4 Å². The summed E-state index contributed by atoms with van der Waals surface area (Å²) in [6.45, 7) is 5.42. The van der Waals surface area contributed by atoms with Gasteiger partial charge in [0.25, 0.3) is 5.91 Å². The summed E-state index contributed by atoms with van der Waals surface area (Å²) in [5, 5.41) is 7.98. The van der Waals surface area contributed by atoms with Crippen molar-refractivity contribution >= 4 is 27.5 Å². The van der Waals surface area contributed by atoms with E-state index in [-0.39, 0.29) is 5.91 Å². The Balaban J connectivity index is 1.45. The molecule has 33 heavy (non-hydrogen) atoms. The van der Waals surface area contributed by atoms with Crippen LogP contribution in [0.4, 0.5) is 0 Å². The molecule has 174 valence electrons. The van der Waals surface area contributed by atoms with Crippen molar-refractivity contribution in [3.63, 3.8) is 0 Å². The zero-order chi connectivity index (χ0) is 23.6. The minimum Gasteiger partial charge on any atom is -0.348 e. The first-order valence-electron chi connectivity index (χ1n) is 10.9. The Labute approximate surface area is 199 Å². The van der Waals surface area contributed by atoms with Gasteiger partial charge in [-0.3, -0.25) is 9.48 Å². The highest BCUT2D eigenvalue weighted by Crippen LogP contribution is 2.26. The maximum Gasteiger partial charge on any atom is 0.251 e. The number of hydrogen-bond acceptors (Lipinski definition) is 4. The van der Waals surface area contributed by atoms with Crippen LogP contribution < -0.4 is 5.32 Å². The molecule has 1 aromatic heterocycles. The van der Waals surface area contributed by atoms with Gasteiger partial charge in [-0.15, -0.1) is 0 Å². The molecule has 0 aliphatic carbocycles. The van der Waals surface area contributed by atoms with Gasteiger partial charge in [0.2, 0.25) is 10.0 Å². The SMILES string of the molecule is Cc1nn(Cc2ccc(C(=O)NCc3ccccc3Cl)cc2)c(C)c1S(=O)(=O)N1CCCC1. The third-order valence-electron chi connectivity index (χ3n) is 5.92. The van der Waals surface area contributed by atoms with E-state index >= 15 is 0 Å². The summed E-state index contributed by atoms with van der Waals surface area (Å²) in [7, 11) is -3.53. The number of amides is 1. The summed E-state index contributed by atoms with van der Waals surface area (Å²) in [6, 6.07) is 14.6. The summed E-state index contributed by atoms with van der Waals surface area (Å²) in [6.07, 6.45) is 1.79. The number of aryl methyl sites for hydroxylation is 1. The van der Waals surface area contributed by atoms with Crippen molar-refractivity contribution < 1.29 is 13.2 Å². The lowest BCUT2D eigenvalue weighted by atomic mass is 10.1. The van der Waals surface area contributed by atoms with Crippen molar-refractivity contribution in [1.29, 1.82) is 0 Å². The molecule has 7 nitrogen and oxygen atoms in total. The predicted molar refractivity (Wildman–Crippen MR) is 128 cm³/mol. The molecule has 2 aromatic carbocycles. The smallest absolute Gasteiger partial charge is 0.251 e. The van der Waals surface area contributed by atoms with Gasteiger partial charge in [-0.1, -0.05) is 41.9 Å². The molecule has 1 aliphatic rings. The second-order valence-electron chi connectivity index (χ2n) is 8.24. The van der Waals surface area contributed by atoms with Gasteiger partial charge in [-0.25, -0.2) is 8.42 Å². The Morgan fingerprint density at radius 2 is 1.73 bits per heavy atom. The molecule has 3 aromatic rings. The number of hydrogen-bond donors (Lipinski definition) is 1. The summed E-state index contributed by atoms with van der Waals surface area (Å²) >= 11 is 6.14. The maximum absolute atomic E-state index is 13.1. The largest absolute Gasteiger partial charge is 0.348 e. The first kappa shape index (κ1) is 23.5. The molecule has 0 spiro atoms. The van der Waals surface area contributed by atoms with E-state index in [0.717, 1.165) is 24.0 Å². The number of rotatable bonds is 7. The van der Waals surface area contributed by atoms with Crippen molar-refractivity contribution in [3.05, 3.63) is 81.6 Å². The highest BCUT2D eigenvalue weighted by molar-refractivity contribution is 7.89. The zero-order valence-electron chi connectivity index (χ0n) is 18.7. The number of nitrogens with one attached hydrogen (secondary N) is 1. The minimum atomic E-state index is -3.53. The topological polar surface area (TPSA) is 84.3 Å². The number of carbonyl (C=O) groups excluding carboxylic acids is 1. The molecule has 1 N–H and O–H groups in total. The molecule has 4 rings (SSSR count). The number of carbonyl (C=O) groups is 1. The van der Waals surface area contributed by atoms with Crippen LogP contribution in [0.1, 0.15) is 45.7 Å². The Bertz CT molecular complexity index is 1260. The van der Waals surface area contributed by atoms with E-state index in [0.29, 0.717) is 53.0 Å². The zero-order valence-corrected chi connectivity index (χ0v) is 20.3. The molecule has 0 bridgehead atoms. The summed E-state index contributed by atoms with van der Waals surface area (Å²) in [5.74, 6) is -0.188. The van der Waals surface area contributed by atoms with E-state index in [4.69, 9.17) is 11.6 Å². The van der Waals surface area contributed by atoms with E-state index in [9.17, 15) is 13.2 Å². The van der Waals surface area contributed by atoms with Gasteiger partial charge in [0.1, 0.15) is 4.90 Å². The normalized spacial score (nSPS) is 14.5. The third-order valence-corrected chi connectivity index (χ3v) is 8.44. The van der Waals surface area contributed by atoms with E-state index in [1.165, 1.54) is 0 Å². The van der Waals surface area contributed by atoms with Gasteiger partial charge in [0.05, 0.1) is 17.9 Å². The summed E-state index contributed by atoms with van der Waals surface area (Å²) in [4.78, 5) is 12.8. The lowest BCUT2D eigenvalue weighted by Gasteiger charge is -2.15. The van der Waals surface area contributed by atoms with Crippen LogP contribution in [0.25, 0.3) is 0 Å². The Morgan fingerprint density at radius 3 is 2.39 bits per heavy atom. The molecule has 1 fully saturated rings. The third kappa shape index (κ3) is 4.98. The Hall–Kier alpha value is -2.68. The van der Waals surface area contributed by atoms with Crippen LogP contribution in [0, 0.1) is 13.8 Å². The van der Waals surface area contributed by atoms with Gasteiger partial charge in [0.15, 0.2) is 0 Å². The number of halogens is 1. The molecule has 0 radical (unpaired) electrons. The van der Waals surface area contributed by atoms with Crippen molar-refractivity contribution in [3.8, 4) is 0 Å². The lowest BCUT2D eigenvalue weighted by molar-refractivity contribution is 0.0951. The van der Waals surface area contributed by atoms with E-state index < -0.39 is 10.0 Å². The molecular formula is C24H27ClN4O3S. The average Bonchev–Trinajstić information content (AvgIpc) is 3.43. The fraction of sp³-hybridized carbons (Fsp3) is 0.333. The number of benzene rings is 2. The predicted octanol–water partition coefficient (Wildman–Crippen LogP) is 3.92. The molecule has 1 aliphatic heterocycles. The summed E-state index contributed by atoms with van der Waals surface area (Å²) < 4.78 is 29.4. The number of nitrogens with zero attached hydrogens (tertiary/aromatic N) is 3. The first-order chi connectivity index (χ1) is 15.8. The molecule has 0 saturated carbocycles. The van der Waals surface area contributed by atoms with Crippen LogP contribution >= 0.6 is 11.6 Å². The van der Waals surface area contributed by atoms with Gasteiger partial charge >= 0.3 is 0 Å². The molecular weight excluding hydrogens is 460 g/mol. The van der Waals surface area contributed by atoms with Crippen LogP contribution in [0.5, 0.6) is 0 Å².